The number of rotatable bonds is 7. The van der Waals surface area contributed by atoms with Gasteiger partial charge in [0.25, 0.3) is 11.8 Å². The molecule has 0 saturated heterocycles. The van der Waals surface area contributed by atoms with Crippen LogP contribution in [0.2, 0.25) is 5.02 Å². The van der Waals surface area contributed by atoms with Crippen molar-refractivity contribution in [2.45, 2.75) is 39.8 Å². The molecule has 2 amide bonds. The van der Waals surface area contributed by atoms with Crippen LogP contribution in [0.15, 0.2) is 24.3 Å². The highest BCUT2D eigenvalue weighted by atomic mass is 35.5. The molecule has 0 saturated carbocycles. The Morgan fingerprint density at radius 2 is 1.71 bits per heavy atom. The molecule has 0 aliphatic carbocycles. The Morgan fingerprint density at radius 1 is 1.08 bits per heavy atom. The summed E-state index contributed by atoms with van der Waals surface area (Å²) >= 11 is 5.98. The highest BCUT2D eigenvalue weighted by Gasteiger charge is 2.27. The maximum atomic E-state index is 12.3. The molecule has 0 aliphatic heterocycles. The summed E-state index contributed by atoms with van der Waals surface area (Å²) in [6, 6.07) is 5.63. The maximum Gasteiger partial charge on any atom is 0.329 e. The van der Waals surface area contributed by atoms with Crippen molar-refractivity contribution in [1.29, 1.82) is 0 Å². The van der Waals surface area contributed by atoms with Gasteiger partial charge in [0.15, 0.2) is 6.61 Å². The molecule has 0 heterocycles. The van der Waals surface area contributed by atoms with E-state index in [0.29, 0.717) is 5.02 Å². The highest BCUT2D eigenvalue weighted by Crippen LogP contribution is 2.15. The second-order valence-electron chi connectivity index (χ2n) is 6.00. The number of nitrogens with one attached hydrogen (secondary N) is 2. The zero-order valence-corrected chi connectivity index (χ0v) is 15.0. The SMILES string of the molecule is CC(C)NC(=O)COC(=O)C(NC(=O)c1ccccc1Cl)C(C)C. The molecule has 6 nitrogen and oxygen atoms in total. The quantitative estimate of drug-likeness (QED) is 0.735. The van der Waals surface area contributed by atoms with E-state index in [1.54, 1.807) is 52.0 Å². The van der Waals surface area contributed by atoms with Crippen LogP contribution in [0.25, 0.3) is 0 Å². The van der Waals surface area contributed by atoms with E-state index in [2.05, 4.69) is 10.6 Å². The molecule has 1 rings (SSSR count). The fourth-order valence-corrected chi connectivity index (χ4v) is 2.17. The average Bonchev–Trinajstić information content (AvgIpc) is 2.49. The number of halogens is 1. The monoisotopic (exact) mass is 354 g/mol. The normalized spacial score (nSPS) is 12.0. The standard InChI is InChI=1S/C17H23ClN2O4/c1-10(2)15(17(23)24-9-14(21)19-11(3)4)20-16(22)12-7-5-6-8-13(12)18/h5-8,10-11,15H,9H2,1-4H3,(H,19,21)(H,20,22). The van der Waals surface area contributed by atoms with Crippen LogP contribution in [0.1, 0.15) is 38.1 Å². The zero-order valence-electron chi connectivity index (χ0n) is 14.3. The molecule has 0 aromatic heterocycles. The largest absolute Gasteiger partial charge is 0.454 e. The summed E-state index contributed by atoms with van der Waals surface area (Å²) in [7, 11) is 0. The molecule has 2 N–H and O–H groups in total. The minimum atomic E-state index is -0.874. The molecule has 1 aromatic rings. The van der Waals surface area contributed by atoms with E-state index in [1.165, 1.54) is 0 Å². The van der Waals surface area contributed by atoms with Gasteiger partial charge in [0.05, 0.1) is 10.6 Å². The fraction of sp³-hybridized carbons (Fsp3) is 0.471. The minimum absolute atomic E-state index is 0.0444. The molecule has 1 unspecified atom stereocenters. The van der Waals surface area contributed by atoms with Crippen LogP contribution < -0.4 is 10.6 Å². The summed E-state index contributed by atoms with van der Waals surface area (Å²) in [6.07, 6.45) is 0. The number of carbonyl (C=O) groups is 3. The van der Waals surface area contributed by atoms with E-state index in [9.17, 15) is 14.4 Å². The molecule has 7 heteroatoms. The van der Waals surface area contributed by atoms with Gasteiger partial charge < -0.3 is 15.4 Å². The van der Waals surface area contributed by atoms with Gasteiger partial charge in [-0.05, 0) is 31.9 Å². The second kappa shape index (κ2) is 9.27. The third-order valence-corrected chi connectivity index (χ3v) is 3.45. The van der Waals surface area contributed by atoms with Crippen LogP contribution in [-0.4, -0.2) is 36.5 Å². The summed E-state index contributed by atoms with van der Waals surface area (Å²) in [5.74, 6) is -1.73. The lowest BCUT2D eigenvalue weighted by Crippen LogP contribution is -2.46. The lowest BCUT2D eigenvalue weighted by Gasteiger charge is -2.21. The predicted octanol–water partition coefficient (Wildman–Crippen LogP) is 2.16. The molecule has 24 heavy (non-hydrogen) atoms. The van der Waals surface area contributed by atoms with Gasteiger partial charge in [0.2, 0.25) is 0 Å². The van der Waals surface area contributed by atoms with Gasteiger partial charge in [-0.2, -0.15) is 0 Å². The van der Waals surface area contributed by atoms with Gasteiger partial charge in [0.1, 0.15) is 6.04 Å². The van der Waals surface area contributed by atoms with Gasteiger partial charge in [-0.25, -0.2) is 4.79 Å². The van der Waals surface area contributed by atoms with Crippen molar-refractivity contribution in [3.05, 3.63) is 34.9 Å². The van der Waals surface area contributed by atoms with E-state index in [4.69, 9.17) is 16.3 Å². The van der Waals surface area contributed by atoms with Crippen molar-refractivity contribution in [3.63, 3.8) is 0 Å². The van der Waals surface area contributed by atoms with Crippen LogP contribution in [-0.2, 0) is 14.3 Å². The van der Waals surface area contributed by atoms with Gasteiger partial charge in [-0.15, -0.1) is 0 Å². The molecule has 0 aliphatic rings. The van der Waals surface area contributed by atoms with E-state index in [0.717, 1.165) is 0 Å². The Balaban J connectivity index is 2.70. The van der Waals surface area contributed by atoms with Crippen LogP contribution >= 0.6 is 11.6 Å². The van der Waals surface area contributed by atoms with E-state index >= 15 is 0 Å². The topological polar surface area (TPSA) is 84.5 Å². The number of amides is 2. The molecule has 0 spiro atoms. The summed E-state index contributed by atoms with van der Waals surface area (Å²) in [5.41, 5.74) is 0.273. The number of carbonyl (C=O) groups excluding carboxylic acids is 3. The van der Waals surface area contributed by atoms with Crippen molar-refractivity contribution in [2.75, 3.05) is 6.61 Å². The Labute approximate surface area is 146 Å². The molecule has 1 atom stereocenters. The first-order valence-electron chi connectivity index (χ1n) is 7.73. The summed E-state index contributed by atoms with van der Waals surface area (Å²) < 4.78 is 5.00. The fourth-order valence-electron chi connectivity index (χ4n) is 1.95. The Hall–Kier alpha value is -2.08. The number of hydrogen-bond acceptors (Lipinski definition) is 4. The third-order valence-electron chi connectivity index (χ3n) is 3.12. The average molecular weight is 355 g/mol. The first-order chi connectivity index (χ1) is 11.2. The number of esters is 1. The van der Waals surface area contributed by atoms with Gasteiger partial charge in [-0.1, -0.05) is 37.6 Å². The van der Waals surface area contributed by atoms with E-state index in [-0.39, 0.29) is 24.1 Å². The smallest absolute Gasteiger partial charge is 0.329 e. The van der Waals surface area contributed by atoms with Crippen LogP contribution in [0.5, 0.6) is 0 Å². The van der Waals surface area contributed by atoms with E-state index in [1.807, 2.05) is 0 Å². The van der Waals surface area contributed by atoms with Crippen molar-refractivity contribution in [1.82, 2.24) is 10.6 Å². The lowest BCUT2D eigenvalue weighted by molar-refractivity contribution is -0.151. The molecule has 0 radical (unpaired) electrons. The van der Waals surface area contributed by atoms with Crippen molar-refractivity contribution in [2.24, 2.45) is 5.92 Å². The first kappa shape index (κ1) is 20.0. The Kier molecular flexibility index (Phi) is 7.71. The molecule has 1 aromatic carbocycles. The van der Waals surface area contributed by atoms with Crippen LogP contribution in [0.3, 0.4) is 0 Å². The van der Waals surface area contributed by atoms with Gasteiger partial charge in [-0.3, -0.25) is 9.59 Å². The molecular formula is C17H23ClN2O4. The summed E-state index contributed by atoms with van der Waals surface area (Å²) in [4.78, 5) is 36.0. The van der Waals surface area contributed by atoms with Gasteiger partial charge >= 0.3 is 5.97 Å². The third kappa shape index (κ3) is 6.20. The van der Waals surface area contributed by atoms with Crippen molar-refractivity contribution in [3.8, 4) is 0 Å². The molecular weight excluding hydrogens is 332 g/mol. The van der Waals surface area contributed by atoms with Crippen molar-refractivity contribution >= 4 is 29.4 Å². The predicted molar refractivity (Wildman–Crippen MR) is 91.8 cm³/mol. The highest BCUT2D eigenvalue weighted by molar-refractivity contribution is 6.33. The van der Waals surface area contributed by atoms with Crippen molar-refractivity contribution < 1.29 is 19.1 Å². The molecule has 132 valence electrons. The molecule has 0 bridgehead atoms. The summed E-state index contributed by atoms with van der Waals surface area (Å²) in [5, 5.41) is 5.52. The Bertz CT molecular complexity index is 602. The van der Waals surface area contributed by atoms with Gasteiger partial charge in [0, 0.05) is 6.04 Å². The second-order valence-corrected chi connectivity index (χ2v) is 6.41. The lowest BCUT2D eigenvalue weighted by atomic mass is 10.0. The zero-order chi connectivity index (χ0) is 18.3. The molecule has 0 fully saturated rings. The number of benzene rings is 1. The van der Waals surface area contributed by atoms with Crippen LogP contribution in [0, 0.1) is 5.92 Å². The number of ether oxygens (including phenoxy) is 1. The number of hydrogen-bond donors (Lipinski definition) is 2. The van der Waals surface area contributed by atoms with Crippen LogP contribution in [0.4, 0.5) is 0 Å². The maximum absolute atomic E-state index is 12.3. The summed E-state index contributed by atoms with van der Waals surface area (Å²) in [6.45, 7) is 6.77. The minimum Gasteiger partial charge on any atom is -0.454 e. The van der Waals surface area contributed by atoms with E-state index < -0.39 is 23.8 Å². The first-order valence-corrected chi connectivity index (χ1v) is 8.11. The Morgan fingerprint density at radius 3 is 2.25 bits per heavy atom.